The maximum atomic E-state index is 11.5. The summed E-state index contributed by atoms with van der Waals surface area (Å²) in [6, 6.07) is 13.2. The average molecular weight is 498 g/mol. The van der Waals surface area contributed by atoms with Gasteiger partial charge in [-0.2, -0.15) is 0 Å². The van der Waals surface area contributed by atoms with Crippen LogP contribution in [0.1, 0.15) is 25.8 Å². The number of rotatable bonds is 10. The number of Topliss-reactive ketones (excluding diaryl/α,β-unsaturated/α-hetero) is 1. The van der Waals surface area contributed by atoms with Crippen LogP contribution in [0, 0.1) is 0 Å². The van der Waals surface area contributed by atoms with Crippen molar-refractivity contribution in [1.29, 1.82) is 0 Å². The van der Waals surface area contributed by atoms with E-state index in [0.29, 0.717) is 40.7 Å². The fraction of sp³-hybridized carbons (Fsp3) is 0.269. The third-order valence-corrected chi connectivity index (χ3v) is 5.63. The first kappa shape index (κ1) is 27.4. The van der Waals surface area contributed by atoms with E-state index in [0.717, 1.165) is 28.9 Å². The van der Waals surface area contributed by atoms with Gasteiger partial charge in [-0.25, -0.2) is 4.98 Å². The van der Waals surface area contributed by atoms with Gasteiger partial charge in [0.25, 0.3) is 0 Å². The van der Waals surface area contributed by atoms with Crippen LogP contribution in [0.4, 0.5) is 5.13 Å². The molecule has 8 nitrogen and oxygen atoms in total. The molecule has 0 spiro atoms. The van der Waals surface area contributed by atoms with Crippen LogP contribution in [0.2, 0.25) is 0 Å². The van der Waals surface area contributed by atoms with Gasteiger partial charge in [0.1, 0.15) is 18.6 Å². The lowest BCUT2D eigenvalue weighted by atomic mass is 10.1. The number of thiazole rings is 1. The Morgan fingerprint density at radius 2 is 1.77 bits per heavy atom. The van der Waals surface area contributed by atoms with Crippen LogP contribution in [-0.4, -0.2) is 37.9 Å². The van der Waals surface area contributed by atoms with Gasteiger partial charge in [0.15, 0.2) is 22.4 Å². The van der Waals surface area contributed by atoms with Crippen LogP contribution in [0.3, 0.4) is 0 Å². The van der Waals surface area contributed by atoms with E-state index in [1.54, 1.807) is 27.2 Å². The minimum Gasteiger partial charge on any atom is -0.497 e. The number of benzene rings is 2. The van der Waals surface area contributed by atoms with Gasteiger partial charge in [0.2, 0.25) is 0 Å². The fourth-order valence-corrected chi connectivity index (χ4v) is 3.61. The predicted molar refractivity (Wildman–Crippen MR) is 139 cm³/mol. The smallest absolute Gasteiger partial charge is 0.180 e. The Hall–Kier alpha value is -3.85. The number of aromatic nitrogens is 1. The first-order valence-corrected chi connectivity index (χ1v) is 11.7. The molecule has 0 atom stereocenters. The second-order valence-corrected chi connectivity index (χ2v) is 8.39. The molecule has 35 heavy (non-hydrogen) atoms. The molecule has 0 bridgehead atoms. The summed E-state index contributed by atoms with van der Waals surface area (Å²) in [6.45, 7) is 3.22. The summed E-state index contributed by atoms with van der Waals surface area (Å²) >= 11 is 1.44. The zero-order chi connectivity index (χ0) is 25.8. The van der Waals surface area contributed by atoms with Gasteiger partial charge in [-0.1, -0.05) is 6.07 Å². The molecule has 0 aliphatic heterocycles. The largest absolute Gasteiger partial charge is 0.497 e. The quantitative estimate of drug-likeness (QED) is 0.311. The minimum absolute atomic E-state index is 0.0989. The van der Waals surface area contributed by atoms with Crippen molar-refractivity contribution >= 4 is 28.5 Å². The Morgan fingerprint density at radius 3 is 2.29 bits per heavy atom. The van der Waals surface area contributed by atoms with Crippen molar-refractivity contribution in [3.63, 3.8) is 0 Å². The van der Waals surface area contributed by atoms with E-state index in [1.165, 1.54) is 18.3 Å². The minimum atomic E-state index is -0.114. The first-order valence-electron chi connectivity index (χ1n) is 10.8. The number of nitrogens with two attached hydrogens (primary N) is 2. The molecule has 0 saturated heterocycles. The molecule has 1 aromatic heterocycles. The van der Waals surface area contributed by atoms with Crippen molar-refractivity contribution in [3.8, 4) is 28.5 Å². The van der Waals surface area contributed by atoms with Crippen LogP contribution in [0.25, 0.3) is 11.3 Å². The molecule has 0 unspecified atom stereocenters. The van der Waals surface area contributed by atoms with Crippen molar-refractivity contribution in [1.82, 2.24) is 4.98 Å². The lowest BCUT2D eigenvalue weighted by Crippen LogP contribution is -2.14. The lowest BCUT2D eigenvalue weighted by molar-refractivity contribution is -0.114. The van der Waals surface area contributed by atoms with E-state index in [4.69, 9.17) is 25.7 Å². The monoisotopic (exact) mass is 497 g/mol. The summed E-state index contributed by atoms with van der Waals surface area (Å²) in [5.41, 5.74) is 15.1. The molecule has 9 heteroatoms. The highest BCUT2D eigenvalue weighted by Gasteiger charge is 2.11. The number of carbonyl (C=O) groups excluding carboxylic acids is 2. The van der Waals surface area contributed by atoms with Gasteiger partial charge < -0.3 is 30.5 Å². The van der Waals surface area contributed by atoms with Crippen molar-refractivity contribution in [2.45, 2.75) is 26.7 Å². The highest BCUT2D eigenvalue weighted by atomic mass is 32.1. The highest BCUT2D eigenvalue weighted by molar-refractivity contribution is 7.13. The van der Waals surface area contributed by atoms with Gasteiger partial charge >= 0.3 is 0 Å². The number of nitrogen functional groups attached to an aromatic ring is 1. The summed E-state index contributed by atoms with van der Waals surface area (Å²) in [6.07, 6.45) is 2.00. The zero-order valence-electron chi connectivity index (χ0n) is 20.4. The van der Waals surface area contributed by atoms with Crippen LogP contribution >= 0.6 is 11.3 Å². The van der Waals surface area contributed by atoms with Gasteiger partial charge in [-0.15, -0.1) is 11.3 Å². The zero-order valence-corrected chi connectivity index (χ0v) is 21.2. The van der Waals surface area contributed by atoms with E-state index in [9.17, 15) is 9.59 Å². The average Bonchev–Trinajstić information content (AvgIpc) is 3.29. The number of aldehydes is 1. The Kier molecular flexibility index (Phi) is 10.8. The normalized spacial score (nSPS) is 11.0. The van der Waals surface area contributed by atoms with E-state index in [-0.39, 0.29) is 12.4 Å². The van der Waals surface area contributed by atoms with E-state index in [2.05, 4.69) is 4.98 Å². The number of allylic oxidation sites excluding steroid dienone is 1. The third kappa shape index (κ3) is 8.46. The molecular formula is C26H31N3O5S. The number of anilines is 1. The maximum absolute atomic E-state index is 11.5. The molecule has 186 valence electrons. The number of nitrogens with zero attached hydrogens (tertiary/aromatic N) is 1. The molecule has 0 aliphatic rings. The molecule has 0 amide bonds. The van der Waals surface area contributed by atoms with Crippen LogP contribution in [0.15, 0.2) is 59.1 Å². The Balaban J connectivity index is 0.000000266. The molecule has 3 rings (SSSR count). The highest BCUT2D eigenvalue weighted by Crippen LogP contribution is 2.29. The Morgan fingerprint density at radius 1 is 1.06 bits per heavy atom. The second kappa shape index (κ2) is 13.8. The molecule has 2 aromatic carbocycles. The molecule has 0 fully saturated rings. The molecular weight excluding hydrogens is 466 g/mol. The Bertz CT molecular complexity index is 1150. The predicted octanol–water partition coefficient (Wildman–Crippen LogP) is 4.43. The van der Waals surface area contributed by atoms with E-state index >= 15 is 0 Å². The topological polar surface area (TPSA) is 127 Å². The lowest BCUT2D eigenvalue weighted by Gasteiger charge is -2.13. The van der Waals surface area contributed by atoms with Crippen LogP contribution in [0.5, 0.6) is 17.2 Å². The van der Waals surface area contributed by atoms with E-state index < -0.39 is 0 Å². The van der Waals surface area contributed by atoms with Gasteiger partial charge in [-0.05, 0) is 62.2 Å². The molecule has 0 radical (unpaired) electrons. The summed E-state index contributed by atoms with van der Waals surface area (Å²) in [7, 11) is 3.19. The summed E-state index contributed by atoms with van der Waals surface area (Å²) < 4.78 is 16.0. The van der Waals surface area contributed by atoms with E-state index in [1.807, 2.05) is 41.8 Å². The summed E-state index contributed by atoms with van der Waals surface area (Å²) in [5.74, 6) is 1.83. The molecule has 3 aromatic rings. The van der Waals surface area contributed by atoms with Crippen molar-refractivity contribution in [2.75, 3.05) is 26.6 Å². The number of methoxy groups -OCH3 is 2. The number of aryl methyl sites for hydroxylation is 1. The number of hydrogen-bond donors (Lipinski definition) is 2. The fourth-order valence-electron chi connectivity index (χ4n) is 3.04. The molecule has 1 heterocycles. The van der Waals surface area contributed by atoms with Crippen molar-refractivity contribution < 1.29 is 23.8 Å². The molecule has 4 N–H and O–H groups in total. The second-order valence-electron chi connectivity index (χ2n) is 7.50. The standard InChI is InChI=1S/C16H21NO4.C10H10N2OS/c1-11(17)14(12(2)19)10-21-15-7-6-13(5-4-8-18)9-16(15)20-3;1-13-8-4-2-7(3-5-8)9-6-14-10(11)12-9/h6-9H,4-5,10,17H2,1-3H3;2-6H,1H3,(H2,11,12)/b14-11-;. The van der Waals surface area contributed by atoms with Crippen LogP contribution < -0.4 is 25.7 Å². The van der Waals surface area contributed by atoms with Crippen LogP contribution in [-0.2, 0) is 16.0 Å². The number of ketones is 1. The number of carbonyl (C=O) groups is 2. The van der Waals surface area contributed by atoms with Crippen molar-refractivity contribution in [2.24, 2.45) is 5.73 Å². The maximum Gasteiger partial charge on any atom is 0.180 e. The van der Waals surface area contributed by atoms with Gasteiger partial charge in [-0.3, -0.25) is 4.79 Å². The molecule has 0 saturated carbocycles. The number of ether oxygens (including phenoxy) is 3. The summed E-state index contributed by atoms with van der Waals surface area (Å²) in [5, 5.41) is 2.53. The van der Waals surface area contributed by atoms with Gasteiger partial charge in [0.05, 0.1) is 25.5 Å². The first-order chi connectivity index (χ1) is 16.8. The van der Waals surface area contributed by atoms with Gasteiger partial charge in [0, 0.05) is 23.1 Å². The molecule has 0 aliphatic carbocycles. The third-order valence-electron chi connectivity index (χ3n) is 4.96. The SMILES string of the molecule is COc1cc(CCC=O)ccc1OC/C(C(C)=O)=C(\C)N.COc1ccc(-c2csc(N)n2)cc1. The Labute approximate surface area is 209 Å². The summed E-state index contributed by atoms with van der Waals surface area (Å²) in [4.78, 5) is 26.0. The van der Waals surface area contributed by atoms with Crippen molar-refractivity contribution in [3.05, 3.63) is 64.7 Å². The number of hydrogen-bond acceptors (Lipinski definition) is 9.